The van der Waals surface area contributed by atoms with Gasteiger partial charge in [0.05, 0.1) is 19.7 Å². The highest BCUT2D eigenvalue weighted by Gasteiger charge is 2.11. The maximum atomic E-state index is 5.42. The van der Waals surface area contributed by atoms with Crippen LogP contribution in [0.25, 0.3) is 10.9 Å². The topological polar surface area (TPSA) is 56.3 Å². The predicted molar refractivity (Wildman–Crippen MR) is 126 cm³/mol. The monoisotopic (exact) mass is 439 g/mol. The van der Waals surface area contributed by atoms with E-state index in [2.05, 4.69) is 63.8 Å². The minimum absolute atomic E-state index is 0. The Morgan fingerprint density at radius 1 is 0.867 bits per heavy atom. The highest BCUT2D eigenvalue weighted by molar-refractivity contribution is 7.98. The minimum Gasteiger partial charge on any atom is -0.493 e. The number of hydrogen-bond acceptors (Lipinski definition) is 6. The van der Waals surface area contributed by atoms with Gasteiger partial charge in [0, 0.05) is 27.8 Å². The van der Waals surface area contributed by atoms with Gasteiger partial charge in [-0.25, -0.2) is 9.97 Å². The molecule has 5 nitrogen and oxygen atoms in total. The fourth-order valence-corrected chi connectivity index (χ4v) is 3.86. The number of halogens is 1. The van der Waals surface area contributed by atoms with Crippen LogP contribution >= 0.6 is 24.2 Å². The quantitative estimate of drug-likeness (QED) is 0.351. The summed E-state index contributed by atoms with van der Waals surface area (Å²) in [6.45, 7) is 0. The Labute approximate surface area is 186 Å². The number of nitrogens with one attached hydrogen (secondary N) is 1. The van der Waals surface area contributed by atoms with E-state index in [4.69, 9.17) is 9.47 Å². The van der Waals surface area contributed by atoms with Crippen LogP contribution in [0.15, 0.2) is 78.0 Å². The van der Waals surface area contributed by atoms with Gasteiger partial charge in [0.2, 0.25) is 0 Å². The van der Waals surface area contributed by atoms with Gasteiger partial charge in [0.15, 0.2) is 11.5 Å². The number of benzene rings is 3. The maximum absolute atomic E-state index is 5.42. The Morgan fingerprint density at radius 2 is 1.57 bits per heavy atom. The Kier molecular flexibility index (Phi) is 7.38. The highest BCUT2D eigenvalue weighted by Crippen LogP contribution is 2.34. The highest BCUT2D eigenvalue weighted by atomic mass is 35.5. The lowest BCUT2D eigenvalue weighted by Gasteiger charge is -2.12. The predicted octanol–water partition coefficient (Wildman–Crippen LogP) is 6.10. The molecule has 0 radical (unpaired) electrons. The molecule has 1 N–H and O–H groups in total. The van der Waals surface area contributed by atoms with Crippen molar-refractivity contribution in [1.29, 1.82) is 0 Å². The van der Waals surface area contributed by atoms with E-state index < -0.39 is 0 Å². The summed E-state index contributed by atoms with van der Waals surface area (Å²) in [5.41, 5.74) is 3.02. The number of thioether (sulfide) groups is 1. The second kappa shape index (κ2) is 10.2. The average Bonchev–Trinajstić information content (AvgIpc) is 2.78. The first kappa shape index (κ1) is 21.7. The zero-order chi connectivity index (χ0) is 20.1. The summed E-state index contributed by atoms with van der Waals surface area (Å²) < 4.78 is 10.8. The normalized spacial score (nSPS) is 10.3. The van der Waals surface area contributed by atoms with Crippen LogP contribution in [0.4, 0.5) is 11.5 Å². The molecule has 0 amide bonds. The third kappa shape index (κ3) is 4.96. The van der Waals surface area contributed by atoms with Crippen molar-refractivity contribution in [2.75, 3.05) is 19.5 Å². The lowest BCUT2D eigenvalue weighted by Crippen LogP contribution is -1.98. The van der Waals surface area contributed by atoms with Crippen molar-refractivity contribution in [2.24, 2.45) is 0 Å². The summed E-state index contributed by atoms with van der Waals surface area (Å²) >= 11 is 1.83. The molecule has 154 valence electrons. The van der Waals surface area contributed by atoms with E-state index in [9.17, 15) is 0 Å². The molecule has 0 aliphatic rings. The first-order valence-electron chi connectivity index (χ1n) is 9.17. The maximum Gasteiger partial charge on any atom is 0.162 e. The van der Waals surface area contributed by atoms with E-state index >= 15 is 0 Å². The van der Waals surface area contributed by atoms with Crippen LogP contribution in [-0.2, 0) is 5.75 Å². The third-order valence-corrected chi connectivity index (χ3v) is 5.59. The largest absolute Gasteiger partial charge is 0.493 e. The molecule has 0 aliphatic carbocycles. The molecule has 0 saturated heterocycles. The lowest BCUT2D eigenvalue weighted by molar-refractivity contribution is 0.356. The zero-order valence-electron chi connectivity index (χ0n) is 16.7. The van der Waals surface area contributed by atoms with Gasteiger partial charge in [-0.2, -0.15) is 0 Å². The fourth-order valence-electron chi connectivity index (χ4n) is 2.99. The summed E-state index contributed by atoms with van der Waals surface area (Å²) in [4.78, 5) is 10.0. The van der Waals surface area contributed by atoms with Gasteiger partial charge in [-0.15, -0.1) is 24.2 Å². The van der Waals surface area contributed by atoms with E-state index in [-0.39, 0.29) is 12.4 Å². The van der Waals surface area contributed by atoms with Crippen molar-refractivity contribution >= 4 is 46.6 Å². The van der Waals surface area contributed by atoms with Crippen molar-refractivity contribution in [3.63, 3.8) is 0 Å². The van der Waals surface area contributed by atoms with Crippen molar-refractivity contribution in [3.05, 3.63) is 78.6 Å². The van der Waals surface area contributed by atoms with Gasteiger partial charge in [-0.3, -0.25) is 0 Å². The molecule has 0 spiro atoms. The van der Waals surface area contributed by atoms with Gasteiger partial charge < -0.3 is 14.8 Å². The first-order valence-corrected chi connectivity index (χ1v) is 10.2. The van der Waals surface area contributed by atoms with E-state index in [1.54, 1.807) is 20.5 Å². The molecule has 0 bridgehead atoms. The lowest BCUT2D eigenvalue weighted by atomic mass is 10.2. The molecule has 30 heavy (non-hydrogen) atoms. The summed E-state index contributed by atoms with van der Waals surface area (Å²) in [5, 5.41) is 4.25. The van der Waals surface area contributed by atoms with E-state index in [0.29, 0.717) is 11.5 Å². The van der Waals surface area contributed by atoms with Crippen LogP contribution in [0, 0.1) is 0 Å². The molecule has 0 saturated carbocycles. The number of fused-ring (bicyclic) bond motifs is 1. The average molecular weight is 440 g/mol. The molecule has 7 heteroatoms. The smallest absolute Gasteiger partial charge is 0.162 e. The number of methoxy groups -OCH3 is 2. The zero-order valence-corrected chi connectivity index (χ0v) is 18.3. The number of nitrogens with zero attached hydrogens (tertiary/aromatic N) is 2. The number of anilines is 2. The summed E-state index contributed by atoms with van der Waals surface area (Å²) in [6, 6.07) is 22.5. The number of rotatable bonds is 7. The van der Waals surface area contributed by atoms with Crippen molar-refractivity contribution in [1.82, 2.24) is 9.97 Å². The van der Waals surface area contributed by atoms with Crippen molar-refractivity contribution < 1.29 is 9.47 Å². The summed E-state index contributed by atoms with van der Waals surface area (Å²) in [5.74, 6) is 2.94. The van der Waals surface area contributed by atoms with Crippen LogP contribution in [0.2, 0.25) is 0 Å². The van der Waals surface area contributed by atoms with Crippen LogP contribution in [-0.4, -0.2) is 24.2 Å². The van der Waals surface area contributed by atoms with E-state index in [1.807, 2.05) is 30.0 Å². The Balaban J connectivity index is 0.00000256. The van der Waals surface area contributed by atoms with Gasteiger partial charge >= 0.3 is 0 Å². The van der Waals surface area contributed by atoms with Gasteiger partial charge in [-0.05, 0) is 35.9 Å². The molecule has 3 aromatic carbocycles. The van der Waals surface area contributed by atoms with E-state index in [0.717, 1.165) is 28.2 Å². The van der Waals surface area contributed by atoms with Crippen LogP contribution in [0.5, 0.6) is 11.5 Å². The molecule has 0 atom stereocenters. The summed E-state index contributed by atoms with van der Waals surface area (Å²) in [6.07, 6.45) is 1.54. The molecule has 0 unspecified atom stereocenters. The second-order valence-corrected chi connectivity index (χ2v) is 7.42. The fraction of sp³-hybridized carbons (Fsp3) is 0.130. The van der Waals surface area contributed by atoms with E-state index in [1.165, 1.54) is 10.5 Å². The SMILES string of the molecule is COc1cc2ncnc(Nc3ccc(CSc4ccccc4)cc3)c2cc1OC.Cl. The van der Waals surface area contributed by atoms with Crippen molar-refractivity contribution in [3.8, 4) is 11.5 Å². The number of hydrogen-bond donors (Lipinski definition) is 1. The second-order valence-electron chi connectivity index (χ2n) is 6.37. The molecule has 4 rings (SSSR count). The Morgan fingerprint density at radius 3 is 2.27 bits per heavy atom. The molecule has 1 heterocycles. The molecule has 0 fully saturated rings. The van der Waals surface area contributed by atoms with Crippen LogP contribution < -0.4 is 14.8 Å². The summed E-state index contributed by atoms with van der Waals surface area (Å²) in [7, 11) is 3.23. The molecular weight excluding hydrogens is 418 g/mol. The minimum atomic E-state index is 0. The molecule has 1 aromatic heterocycles. The molecule has 4 aromatic rings. The Hall–Kier alpha value is -2.96. The van der Waals surface area contributed by atoms with Gasteiger partial charge in [0.1, 0.15) is 12.1 Å². The van der Waals surface area contributed by atoms with Gasteiger partial charge in [-0.1, -0.05) is 30.3 Å². The Bertz CT molecular complexity index is 1110. The number of ether oxygens (including phenoxy) is 2. The molecular formula is C23H22ClN3O2S. The van der Waals surface area contributed by atoms with Crippen molar-refractivity contribution in [2.45, 2.75) is 10.6 Å². The van der Waals surface area contributed by atoms with Crippen LogP contribution in [0.3, 0.4) is 0 Å². The van der Waals surface area contributed by atoms with Gasteiger partial charge in [0.25, 0.3) is 0 Å². The molecule has 0 aliphatic heterocycles. The standard InChI is InChI=1S/C23H21N3O2S.ClH/c1-27-21-12-19-20(13-22(21)28-2)24-15-25-23(19)26-17-10-8-16(9-11-17)14-29-18-6-4-3-5-7-18;/h3-13,15H,14H2,1-2H3,(H,24,25,26);1H. The number of aromatic nitrogens is 2. The van der Waals surface area contributed by atoms with Crippen LogP contribution in [0.1, 0.15) is 5.56 Å². The first-order chi connectivity index (χ1) is 14.3. The third-order valence-electron chi connectivity index (χ3n) is 4.51.